The molecule has 0 heterocycles. The number of rotatable bonds is 6. The lowest BCUT2D eigenvalue weighted by Crippen LogP contribution is -2.26. The molecule has 0 unspecified atom stereocenters. The number of para-hydroxylation sites is 1. The first-order valence-corrected chi connectivity index (χ1v) is 5.70. The van der Waals surface area contributed by atoms with Gasteiger partial charge in [-0.3, -0.25) is 14.9 Å². The highest BCUT2D eigenvalue weighted by molar-refractivity contribution is 5.77. The van der Waals surface area contributed by atoms with E-state index in [9.17, 15) is 14.9 Å². The normalized spacial score (nSPS) is 10.3. The van der Waals surface area contributed by atoms with Crippen molar-refractivity contribution >= 4 is 17.3 Å². The molecule has 0 aliphatic carbocycles. The third-order valence-corrected chi connectivity index (χ3v) is 2.31. The van der Waals surface area contributed by atoms with Gasteiger partial charge < -0.3 is 14.7 Å². The molecule has 0 spiro atoms. The van der Waals surface area contributed by atoms with Gasteiger partial charge in [0.25, 0.3) is 0 Å². The van der Waals surface area contributed by atoms with Crippen LogP contribution in [0.15, 0.2) is 18.2 Å². The molecule has 0 aromatic heterocycles. The predicted octanol–water partition coefficient (Wildman–Crippen LogP) is 1.90. The zero-order valence-corrected chi connectivity index (χ0v) is 11.0. The zero-order chi connectivity index (χ0) is 14.6. The SMILES string of the molecule is CC(C)Oc1cccc(N(C)CC(=O)O)c1[N+](=O)[O-]. The fraction of sp³-hybridized carbons (Fsp3) is 0.417. The fourth-order valence-corrected chi connectivity index (χ4v) is 1.64. The third kappa shape index (κ3) is 3.84. The van der Waals surface area contributed by atoms with Gasteiger partial charge in [0.05, 0.1) is 11.0 Å². The standard InChI is InChI=1S/C12H16N2O5/c1-8(2)19-10-6-4-5-9(12(10)14(17)18)13(3)7-11(15)16/h4-6,8H,7H2,1-3H3,(H,15,16). The van der Waals surface area contributed by atoms with Gasteiger partial charge in [-0.2, -0.15) is 0 Å². The number of hydrogen-bond acceptors (Lipinski definition) is 5. The van der Waals surface area contributed by atoms with Crippen LogP contribution in [-0.4, -0.2) is 35.7 Å². The molecular weight excluding hydrogens is 252 g/mol. The first kappa shape index (κ1) is 14.7. The largest absolute Gasteiger partial charge is 0.484 e. The Bertz CT molecular complexity index is 487. The molecule has 0 fully saturated rings. The number of benzene rings is 1. The Hall–Kier alpha value is -2.31. The molecule has 7 heteroatoms. The summed E-state index contributed by atoms with van der Waals surface area (Å²) in [6, 6.07) is 4.59. The number of aliphatic carboxylic acids is 1. The lowest BCUT2D eigenvalue weighted by molar-refractivity contribution is -0.385. The van der Waals surface area contributed by atoms with Gasteiger partial charge in [-0.1, -0.05) is 6.07 Å². The van der Waals surface area contributed by atoms with Crippen molar-refractivity contribution in [1.29, 1.82) is 0 Å². The molecule has 104 valence electrons. The van der Waals surface area contributed by atoms with Crippen molar-refractivity contribution in [2.75, 3.05) is 18.5 Å². The van der Waals surface area contributed by atoms with Crippen LogP contribution in [0.5, 0.6) is 5.75 Å². The van der Waals surface area contributed by atoms with E-state index in [1.165, 1.54) is 24.1 Å². The van der Waals surface area contributed by atoms with E-state index >= 15 is 0 Å². The number of anilines is 1. The second kappa shape index (κ2) is 6.03. The van der Waals surface area contributed by atoms with Crippen molar-refractivity contribution in [3.05, 3.63) is 28.3 Å². The second-order valence-corrected chi connectivity index (χ2v) is 4.30. The van der Waals surface area contributed by atoms with Crippen LogP contribution in [0.2, 0.25) is 0 Å². The van der Waals surface area contributed by atoms with Gasteiger partial charge >= 0.3 is 11.7 Å². The van der Waals surface area contributed by atoms with E-state index in [0.29, 0.717) is 0 Å². The van der Waals surface area contributed by atoms with Crippen molar-refractivity contribution < 1.29 is 19.6 Å². The number of carbonyl (C=O) groups is 1. The van der Waals surface area contributed by atoms with Gasteiger partial charge in [-0.15, -0.1) is 0 Å². The number of carboxylic acids is 1. The van der Waals surface area contributed by atoms with Crippen LogP contribution in [-0.2, 0) is 4.79 Å². The minimum atomic E-state index is -1.06. The molecule has 0 saturated carbocycles. The molecule has 0 saturated heterocycles. The molecule has 0 amide bonds. The summed E-state index contributed by atoms with van der Waals surface area (Å²) in [5, 5.41) is 19.9. The van der Waals surface area contributed by atoms with Gasteiger partial charge in [0.15, 0.2) is 5.75 Å². The Morgan fingerprint density at radius 3 is 2.63 bits per heavy atom. The second-order valence-electron chi connectivity index (χ2n) is 4.30. The highest BCUT2D eigenvalue weighted by Crippen LogP contribution is 2.37. The van der Waals surface area contributed by atoms with Crippen LogP contribution in [0.3, 0.4) is 0 Å². The Kier molecular flexibility index (Phi) is 4.68. The molecule has 1 rings (SSSR count). The van der Waals surface area contributed by atoms with E-state index in [-0.39, 0.29) is 29.8 Å². The Morgan fingerprint density at radius 1 is 1.53 bits per heavy atom. The minimum absolute atomic E-state index is 0.134. The number of carboxylic acid groups (broad SMARTS) is 1. The van der Waals surface area contributed by atoms with Gasteiger partial charge in [0.2, 0.25) is 0 Å². The van der Waals surface area contributed by atoms with Crippen molar-refractivity contribution in [3.63, 3.8) is 0 Å². The molecule has 1 aromatic rings. The first-order chi connectivity index (χ1) is 8.82. The summed E-state index contributed by atoms with van der Waals surface area (Å²) in [5.41, 5.74) is -0.00880. The minimum Gasteiger partial charge on any atom is -0.484 e. The lowest BCUT2D eigenvalue weighted by atomic mass is 10.2. The zero-order valence-electron chi connectivity index (χ0n) is 11.0. The van der Waals surface area contributed by atoms with E-state index in [1.54, 1.807) is 19.9 Å². The lowest BCUT2D eigenvalue weighted by Gasteiger charge is -2.18. The molecule has 0 atom stereocenters. The van der Waals surface area contributed by atoms with Crippen molar-refractivity contribution in [1.82, 2.24) is 0 Å². The Labute approximate surface area is 110 Å². The highest BCUT2D eigenvalue weighted by atomic mass is 16.6. The summed E-state index contributed by atoms with van der Waals surface area (Å²) in [6.45, 7) is 3.20. The molecule has 0 aliphatic heterocycles. The van der Waals surface area contributed by atoms with Crippen molar-refractivity contribution in [3.8, 4) is 5.75 Å². The maximum atomic E-state index is 11.2. The number of ether oxygens (including phenoxy) is 1. The Balaban J connectivity index is 3.23. The summed E-state index contributed by atoms with van der Waals surface area (Å²) in [5.74, 6) is -0.929. The fourth-order valence-electron chi connectivity index (χ4n) is 1.64. The van der Waals surface area contributed by atoms with E-state index in [0.717, 1.165) is 0 Å². The van der Waals surface area contributed by atoms with Crippen LogP contribution in [0.4, 0.5) is 11.4 Å². The van der Waals surface area contributed by atoms with Crippen molar-refractivity contribution in [2.45, 2.75) is 20.0 Å². The quantitative estimate of drug-likeness (QED) is 0.625. The Morgan fingerprint density at radius 2 is 2.16 bits per heavy atom. The number of nitro benzene ring substituents is 1. The van der Waals surface area contributed by atoms with Gasteiger partial charge in [0, 0.05) is 7.05 Å². The maximum absolute atomic E-state index is 11.2. The molecular formula is C12H16N2O5. The summed E-state index contributed by atoms with van der Waals surface area (Å²) >= 11 is 0. The molecule has 1 aromatic carbocycles. The number of likely N-dealkylation sites (N-methyl/N-ethyl adjacent to an activating group) is 1. The number of nitro groups is 1. The third-order valence-electron chi connectivity index (χ3n) is 2.31. The molecule has 7 nitrogen and oxygen atoms in total. The van der Waals surface area contributed by atoms with Crippen LogP contribution in [0.1, 0.15) is 13.8 Å². The molecule has 0 aliphatic rings. The van der Waals surface area contributed by atoms with Gasteiger partial charge in [0.1, 0.15) is 12.2 Å². The summed E-state index contributed by atoms with van der Waals surface area (Å²) in [4.78, 5) is 22.6. The average Bonchev–Trinajstić information content (AvgIpc) is 2.26. The van der Waals surface area contributed by atoms with Gasteiger partial charge in [-0.05, 0) is 26.0 Å². The highest BCUT2D eigenvalue weighted by Gasteiger charge is 2.24. The first-order valence-electron chi connectivity index (χ1n) is 5.70. The summed E-state index contributed by atoms with van der Waals surface area (Å²) in [6.07, 6.45) is -0.210. The number of hydrogen-bond donors (Lipinski definition) is 1. The van der Waals surface area contributed by atoms with E-state index in [1.807, 2.05) is 0 Å². The van der Waals surface area contributed by atoms with Crippen molar-refractivity contribution in [2.24, 2.45) is 0 Å². The smallest absolute Gasteiger partial charge is 0.333 e. The summed E-state index contributed by atoms with van der Waals surface area (Å²) < 4.78 is 5.39. The molecule has 19 heavy (non-hydrogen) atoms. The average molecular weight is 268 g/mol. The molecule has 1 N–H and O–H groups in total. The number of nitrogens with zero attached hydrogens (tertiary/aromatic N) is 2. The van der Waals surface area contributed by atoms with Crippen LogP contribution >= 0.6 is 0 Å². The van der Waals surface area contributed by atoms with E-state index in [4.69, 9.17) is 9.84 Å². The molecule has 0 radical (unpaired) electrons. The van der Waals surface area contributed by atoms with Crippen LogP contribution in [0.25, 0.3) is 0 Å². The van der Waals surface area contributed by atoms with Crippen LogP contribution < -0.4 is 9.64 Å². The predicted molar refractivity (Wildman–Crippen MR) is 69.8 cm³/mol. The monoisotopic (exact) mass is 268 g/mol. The summed E-state index contributed by atoms with van der Waals surface area (Å²) in [7, 11) is 1.48. The van der Waals surface area contributed by atoms with E-state index in [2.05, 4.69) is 0 Å². The van der Waals surface area contributed by atoms with E-state index < -0.39 is 10.9 Å². The van der Waals surface area contributed by atoms with Gasteiger partial charge in [-0.25, -0.2) is 0 Å². The maximum Gasteiger partial charge on any atom is 0.333 e. The topological polar surface area (TPSA) is 92.9 Å². The molecule has 0 bridgehead atoms. The van der Waals surface area contributed by atoms with Crippen LogP contribution in [0, 0.1) is 10.1 Å².